The summed E-state index contributed by atoms with van der Waals surface area (Å²) in [5.74, 6) is -1.59. The van der Waals surface area contributed by atoms with Crippen LogP contribution in [0, 0.1) is 0 Å². The molecule has 5 heteroatoms. The number of ether oxygens (including phenoxy) is 1. The maximum absolute atomic E-state index is 11.4. The Labute approximate surface area is 89.0 Å². The molecule has 0 amide bonds. The van der Waals surface area contributed by atoms with Crippen molar-refractivity contribution in [2.75, 3.05) is 5.94 Å². The van der Waals surface area contributed by atoms with Crippen molar-refractivity contribution in [2.45, 2.75) is 38.7 Å². The SMILES string of the molecule is CCCCC(=O)C(C)(O)C(=O)OCS. The van der Waals surface area contributed by atoms with Gasteiger partial charge in [0.1, 0.15) is 5.94 Å². The molecule has 0 aliphatic carbocycles. The maximum Gasteiger partial charge on any atom is 0.346 e. The number of esters is 1. The summed E-state index contributed by atoms with van der Waals surface area (Å²) in [7, 11) is 0. The van der Waals surface area contributed by atoms with Crippen LogP contribution in [0.25, 0.3) is 0 Å². The Hall–Kier alpha value is -0.550. The van der Waals surface area contributed by atoms with Crippen molar-refractivity contribution < 1.29 is 19.4 Å². The second-order valence-corrected chi connectivity index (χ2v) is 3.42. The van der Waals surface area contributed by atoms with Gasteiger partial charge in [0.25, 0.3) is 0 Å². The van der Waals surface area contributed by atoms with E-state index in [2.05, 4.69) is 17.4 Å². The average Bonchev–Trinajstić information content (AvgIpc) is 2.14. The third kappa shape index (κ3) is 3.67. The van der Waals surface area contributed by atoms with Gasteiger partial charge >= 0.3 is 5.97 Å². The molecule has 14 heavy (non-hydrogen) atoms. The minimum atomic E-state index is -2.03. The van der Waals surface area contributed by atoms with E-state index in [1.165, 1.54) is 0 Å². The highest BCUT2D eigenvalue weighted by Crippen LogP contribution is 2.12. The third-order valence-electron chi connectivity index (χ3n) is 1.89. The quantitative estimate of drug-likeness (QED) is 0.302. The minimum absolute atomic E-state index is 0.143. The summed E-state index contributed by atoms with van der Waals surface area (Å²) in [6.45, 7) is 3.07. The molecule has 0 aliphatic heterocycles. The molecule has 1 N–H and O–H groups in total. The topological polar surface area (TPSA) is 63.6 Å². The Morgan fingerprint density at radius 2 is 2.07 bits per heavy atom. The van der Waals surface area contributed by atoms with Gasteiger partial charge in [-0.2, -0.15) is 0 Å². The molecule has 0 saturated carbocycles. The normalized spacial score (nSPS) is 14.6. The van der Waals surface area contributed by atoms with Gasteiger partial charge in [-0.25, -0.2) is 4.79 Å². The first-order chi connectivity index (χ1) is 6.46. The van der Waals surface area contributed by atoms with Crippen LogP contribution in [0.1, 0.15) is 33.1 Å². The molecule has 1 unspecified atom stereocenters. The van der Waals surface area contributed by atoms with E-state index in [0.717, 1.165) is 13.3 Å². The van der Waals surface area contributed by atoms with E-state index in [1.54, 1.807) is 0 Å². The Morgan fingerprint density at radius 3 is 2.50 bits per heavy atom. The lowest BCUT2D eigenvalue weighted by Gasteiger charge is -2.18. The number of hydrogen-bond acceptors (Lipinski definition) is 5. The third-order valence-corrected chi connectivity index (χ3v) is 2.02. The maximum atomic E-state index is 11.4. The average molecular weight is 220 g/mol. The van der Waals surface area contributed by atoms with Gasteiger partial charge in [-0.05, 0) is 13.3 Å². The molecule has 0 radical (unpaired) electrons. The number of aliphatic hydroxyl groups is 1. The summed E-state index contributed by atoms with van der Waals surface area (Å²) in [5.41, 5.74) is -2.03. The van der Waals surface area contributed by atoms with Gasteiger partial charge in [-0.3, -0.25) is 4.79 Å². The van der Waals surface area contributed by atoms with Crippen LogP contribution in [0.3, 0.4) is 0 Å². The number of rotatable bonds is 6. The summed E-state index contributed by atoms with van der Waals surface area (Å²) in [6, 6.07) is 0. The van der Waals surface area contributed by atoms with Crippen LogP contribution < -0.4 is 0 Å². The Kier molecular flexibility index (Phi) is 5.79. The van der Waals surface area contributed by atoms with Crippen LogP contribution in [0.15, 0.2) is 0 Å². The fourth-order valence-electron chi connectivity index (χ4n) is 0.894. The Morgan fingerprint density at radius 1 is 1.50 bits per heavy atom. The standard InChI is InChI=1S/C9H16O4S/c1-3-4-5-7(10)9(2,12)8(11)13-6-14/h12,14H,3-6H2,1-2H3. The lowest BCUT2D eigenvalue weighted by atomic mass is 9.97. The molecule has 0 aromatic rings. The minimum Gasteiger partial charge on any atom is -0.452 e. The zero-order valence-electron chi connectivity index (χ0n) is 8.45. The number of hydrogen-bond donors (Lipinski definition) is 2. The predicted molar refractivity (Wildman–Crippen MR) is 55.1 cm³/mol. The Balaban J connectivity index is 4.28. The van der Waals surface area contributed by atoms with Gasteiger partial charge in [-0.15, -0.1) is 12.6 Å². The monoisotopic (exact) mass is 220 g/mol. The van der Waals surface area contributed by atoms with E-state index in [-0.39, 0.29) is 12.4 Å². The van der Waals surface area contributed by atoms with Gasteiger partial charge in [0.05, 0.1) is 0 Å². The van der Waals surface area contributed by atoms with Crippen molar-refractivity contribution in [3.8, 4) is 0 Å². The van der Waals surface area contributed by atoms with E-state index in [1.807, 2.05) is 6.92 Å². The largest absolute Gasteiger partial charge is 0.452 e. The second kappa shape index (κ2) is 6.03. The molecule has 0 spiro atoms. The van der Waals surface area contributed by atoms with Crippen molar-refractivity contribution in [1.82, 2.24) is 0 Å². The van der Waals surface area contributed by atoms with E-state index in [4.69, 9.17) is 0 Å². The molecular weight excluding hydrogens is 204 g/mol. The number of carbonyl (C=O) groups excluding carboxylic acids is 2. The highest BCUT2D eigenvalue weighted by Gasteiger charge is 2.39. The summed E-state index contributed by atoms with van der Waals surface area (Å²) < 4.78 is 4.46. The van der Waals surface area contributed by atoms with Crippen molar-refractivity contribution >= 4 is 24.4 Å². The number of unbranched alkanes of at least 4 members (excludes halogenated alkanes) is 1. The fraction of sp³-hybridized carbons (Fsp3) is 0.778. The van der Waals surface area contributed by atoms with Crippen molar-refractivity contribution in [2.24, 2.45) is 0 Å². The second-order valence-electron chi connectivity index (χ2n) is 3.16. The highest BCUT2D eigenvalue weighted by molar-refractivity contribution is 7.80. The summed E-state index contributed by atoms with van der Waals surface area (Å²) >= 11 is 3.67. The van der Waals surface area contributed by atoms with E-state index >= 15 is 0 Å². The first-order valence-corrected chi connectivity index (χ1v) is 5.13. The van der Waals surface area contributed by atoms with Gasteiger partial charge in [0.2, 0.25) is 5.60 Å². The van der Waals surface area contributed by atoms with Gasteiger partial charge in [0, 0.05) is 6.42 Å². The van der Waals surface area contributed by atoms with E-state index < -0.39 is 17.4 Å². The molecule has 0 fully saturated rings. The molecular formula is C9H16O4S. The molecule has 1 atom stereocenters. The zero-order chi connectivity index (χ0) is 11.2. The van der Waals surface area contributed by atoms with Crippen LogP contribution in [0.5, 0.6) is 0 Å². The molecule has 4 nitrogen and oxygen atoms in total. The molecule has 0 aromatic heterocycles. The summed E-state index contributed by atoms with van der Waals surface area (Å²) in [6.07, 6.45) is 1.68. The lowest BCUT2D eigenvalue weighted by Crippen LogP contribution is -2.44. The summed E-state index contributed by atoms with van der Waals surface area (Å²) in [5, 5.41) is 9.55. The molecule has 0 aromatic carbocycles. The first-order valence-electron chi connectivity index (χ1n) is 4.50. The van der Waals surface area contributed by atoms with Crippen LogP contribution in [0.4, 0.5) is 0 Å². The van der Waals surface area contributed by atoms with Crippen molar-refractivity contribution in [3.63, 3.8) is 0 Å². The number of ketones is 1. The number of thiol groups is 1. The van der Waals surface area contributed by atoms with Gasteiger partial charge in [-0.1, -0.05) is 13.3 Å². The highest BCUT2D eigenvalue weighted by atomic mass is 32.1. The number of carbonyl (C=O) groups is 2. The molecule has 0 bridgehead atoms. The van der Waals surface area contributed by atoms with Crippen LogP contribution in [0.2, 0.25) is 0 Å². The summed E-state index contributed by atoms with van der Waals surface area (Å²) in [4.78, 5) is 22.5. The molecule has 82 valence electrons. The zero-order valence-corrected chi connectivity index (χ0v) is 9.34. The fourth-order valence-corrected chi connectivity index (χ4v) is 1.01. The van der Waals surface area contributed by atoms with Gasteiger partial charge in [0.15, 0.2) is 5.78 Å². The van der Waals surface area contributed by atoms with E-state index in [9.17, 15) is 14.7 Å². The predicted octanol–water partition coefficient (Wildman–Crippen LogP) is 0.927. The van der Waals surface area contributed by atoms with Crippen molar-refractivity contribution in [1.29, 1.82) is 0 Å². The van der Waals surface area contributed by atoms with Crippen LogP contribution in [-0.2, 0) is 14.3 Å². The Bertz CT molecular complexity index is 213. The smallest absolute Gasteiger partial charge is 0.346 e. The van der Waals surface area contributed by atoms with Crippen LogP contribution >= 0.6 is 12.6 Å². The van der Waals surface area contributed by atoms with E-state index in [0.29, 0.717) is 6.42 Å². The molecule has 0 aliphatic rings. The molecule has 0 rings (SSSR count). The number of Topliss-reactive ketones (excluding diaryl/α,β-unsaturated/α-hetero) is 1. The molecule has 0 heterocycles. The van der Waals surface area contributed by atoms with Gasteiger partial charge < -0.3 is 9.84 Å². The lowest BCUT2D eigenvalue weighted by molar-refractivity contribution is -0.166. The van der Waals surface area contributed by atoms with Crippen molar-refractivity contribution in [3.05, 3.63) is 0 Å². The van der Waals surface area contributed by atoms with Crippen LogP contribution in [-0.4, -0.2) is 28.4 Å². The molecule has 0 saturated heterocycles. The first kappa shape index (κ1) is 13.4.